The van der Waals surface area contributed by atoms with Crippen molar-refractivity contribution < 1.29 is 14.0 Å². The zero-order chi connectivity index (χ0) is 14.3. The van der Waals surface area contributed by atoms with Crippen LogP contribution in [0.15, 0.2) is 24.9 Å². The number of hydrogen-bond acceptors (Lipinski definition) is 4. The highest BCUT2D eigenvalue weighted by molar-refractivity contribution is 6.68. The molecule has 5 heteroatoms. The van der Waals surface area contributed by atoms with E-state index in [1.165, 1.54) is 0 Å². The maximum Gasteiger partial charge on any atom is 0.495 e. The van der Waals surface area contributed by atoms with Gasteiger partial charge in [-0.3, -0.25) is 0 Å². The van der Waals surface area contributed by atoms with Crippen LogP contribution >= 0.6 is 0 Å². The van der Waals surface area contributed by atoms with Crippen LogP contribution in [0.3, 0.4) is 0 Å². The van der Waals surface area contributed by atoms with Crippen LogP contribution in [0, 0.1) is 0 Å². The highest BCUT2D eigenvalue weighted by atomic mass is 16.7. The van der Waals surface area contributed by atoms with Crippen LogP contribution in [0.2, 0.25) is 0 Å². The molecule has 0 unspecified atom stereocenters. The molecule has 0 saturated carbocycles. The van der Waals surface area contributed by atoms with Crippen molar-refractivity contribution >= 4 is 12.6 Å². The van der Waals surface area contributed by atoms with Crippen molar-refractivity contribution in [1.29, 1.82) is 0 Å². The molecule has 0 aliphatic carbocycles. The Morgan fingerprint density at radius 3 is 2.37 bits per heavy atom. The van der Waals surface area contributed by atoms with E-state index in [0.29, 0.717) is 5.88 Å². The predicted molar refractivity (Wildman–Crippen MR) is 75.9 cm³/mol. The quantitative estimate of drug-likeness (QED) is 0.784. The molecule has 0 N–H and O–H groups in total. The second-order valence-electron chi connectivity index (χ2n) is 5.67. The van der Waals surface area contributed by atoms with E-state index in [-0.39, 0.29) is 11.2 Å². The van der Waals surface area contributed by atoms with Crippen molar-refractivity contribution in [2.45, 2.75) is 38.9 Å². The molecule has 19 heavy (non-hydrogen) atoms. The zero-order valence-corrected chi connectivity index (χ0v) is 12.2. The molecule has 1 aliphatic rings. The van der Waals surface area contributed by atoms with E-state index in [9.17, 15) is 0 Å². The van der Waals surface area contributed by atoms with Gasteiger partial charge in [-0.25, -0.2) is 4.98 Å². The first-order chi connectivity index (χ1) is 8.78. The van der Waals surface area contributed by atoms with Gasteiger partial charge < -0.3 is 14.0 Å². The molecule has 1 aromatic rings. The van der Waals surface area contributed by atoms with Gasteiger partial charge in [0.1, 0.15) is 0 Å². The molecule has 0 radical (unpaired) electrons. The molecular formula is C14H20BNO3. The molecule has 2 rings (SSSR count). The number of aromatic nitrogens is 1. The molecule has 2 heterocycles. The molecule has 0 bridgehead atoms. The first kappa shape index (κ1) is 14.1. The summed E-state index contributed by atoms with van der Waals surface area (Å²) in [5.41, 5.74) is 0.777. The van der Waals surface area contributed by atoms with E-state index < -0.39 is 7.12 Å². The third-order valence-corrected chi connectivity index (χ3v) is 3.85. The normalized spacial score (nSPS) is 20.4. The molecule has 1 fully saturated rings. The smallest absolute Gasteiger partial charge is 0.481 e. The maximum absolute atomic E-state index is 5.97. The highest BCUT2D eigenvalue weighted by Crippen LogP contribution is 2.40. The van der Waals surface area contributed by atoms with Gasteiger partial charge in [0.25, 0.3) is 0 Å². The van der Waals surface area contributed by atoms with Gasteiger partial charge in [-0.1, -0.05) is 6.58 Å². The Hall–Kier alpha value is -1.33. The average molecular weight is 261 g/mol. The molecule has 1 aliphatic heterocycles. The number of methoxy groups -OCH3 is 1. The largest absolute Gasteiger partial charge is 0.495 e. The molecular weight excluding hydrogens is 241 g/mol. The first-order valence-corrected chi connectivity index (χ1v) is 6.32. The van der Waals surface area contributed by atoms with Gasteiger partial charge in [0.05, 0.1) is 18.3 Å². The predicted octanol–water partition coefficient (Wildman–Crippen LogP) is 2.73. The third-order valence-electron chi connectivity index (χ3n) is 3.85. The summed E-state index contributed by atoms with van der Waals surface area (Å²) >= 11 is 0. The number of hydrogen-bond donors (Lipinski definition) is 0. The van der Waals surface area contributed by atoms with Crippen molar-refractivity contribution in [2.75, 3.05) is 7.11 Å². The zero-order valence-electron chi connectivity index (χ0n) is 12.2. The van der Waals surface area contributed by atoms with Gasteiger partial charge in [0.2, 0.25) is 5.88 Å². The van der Waals surface area contributed by atoms with Crippen LogP contribution in [0.5, 0.6) is 5.88 Å². The van der Waals surface area contributed by atoms with E-state index in [4.69, 9.17) is 14.0 Å². The average Bonchev–Trinajstić information content (AvgIpc) is 2.57. The van der Waals surface area contributed by atoms with Crippen LogP contribution in [0.4, 0.5) is 0 Å². The van der Waals surface area contributed by atoms with Crippen molar-refractivity contribution in [1.82, 2.24) is 4.98 Å². The lowest BCUT2D eigenvalue weighted by atomic mass is 9.75. The van der Waals surface area contributed by atoms with E-state index in [1.54, 1.807) is 13.3 Å². The Balaban J connectivity index is 2.27. The SMILES string of the molecule is C=C(B1OC(C)(C)C(C)(C)O1)c1cccnc1OC. The first-order valence-electron chi connectivity index (χ1n) is 6.32. The van der Waals surface area contributed by atoms with Crippen LogP contribution in [-0.4, -0.2) is 30.4 Å². The van der Waals surface area contributed by atoms with Crippen molar-refractivity contribution in [3.8, 4) is 5.88 Å². The minimum absolute atomic E-state index is 0.379. The maximum atomic E-state index is 5.97. The summed E-state index contributed by atoms with van der Waals surface area (Å²) in [6, 6.07) is 3.74. The Labute approximate surface area is 114 Å². The van der Waals surface area contributed by atoms with Crippen molar-refractivity contribution in [2.24, 2.45) is 0 Å². The monoisotopic (exact) mass is 261 g/mol. The minimum atomic E-state index is -0.483. The lowest BCUT2D eigenvalue weighted by Gasteiger charge is -2.32. The standard InChI is InChI=1S/C14H20BNO3/c1-10(11-8-7-9-16-12(11)17-6)15-18-13(2,3)14(4,5)19-15/h7-9H,1H2,2-6H3. The Kier molecular flexibility index (Phi) is 3.45. The number of rotatable bonds is 3. The molecule has 0 atom stereocenters. The van der Waals surface area contributed by atoms with Gasteiger partial charge in [0, 0.05) is 11.8 Å². The number of nitrogens with zero attached hydrogens (tertiary/aromatic N) is 1. The second-order valence-corrected chi connectivity index (χ2v) is 5.67. The molecule has 4 nitrogen and oxygen atoms in total. The Bertz CT molecular complexity index is 483. The Morgan fingerprint density at radius 2 is 1.84 bits per heavy atom. The van der Waals surface area contributed by atoms with Crippen LogP contribution in [0.1, 0.15) is 33.3 Å². The molecule has 1 saturated heterocycles. The van der Waals surface area contributed by atoms with Crippen molar-refractivity contribution in [3.05, 3.63) is 30.5 Å². The summed E-state index contributed by atoms with van der Waals surface area (Å²) < 4.78 is 17.2. The van der Waals surface area contributed by atoms with Gasteiger partial charge in [-0.05, 0) is 45.3 Å². The fourth-order valence-electron chi connectivity index (χ4n) is 1.91. The molecule has 102 valence electrons. The summed E-state index contributed by atoms with van der Waals surface area (Å²) in [4.78, 5) is 4.17. The molecule has 0 aromatic carbocycles. The number of pyridine rings is 1. The van der Waals surface area contributed by atoms with Crippen LogP contribution in [-0.2, 0) is 9.31 Å². The fourth-order valence-corrected chi connectivity index (χ4v) is 1.91. The second kappa shape index (κ2) is 4.65. The molecule has 0 spiro atoms. The molecule has 0 amide bonds. The summed E-state index contributed by atoms with van der Waals surface area (Å²) in [6.45, 7) is 12.1. The highest BCUT2D eigenvalue weighted by Gasteiger charge is 2.52. The van der Waals surface area contributed by atoms with Crippen molar-refractivity contribution in [3.63, 3.8) is 0 Å². The van der Waals surface area contributed by atoms with Crippen LogP contribution < -0.4 is 4.74 Å². The van der Waals surface area contributed by atoms with Gasteiger partial charge >= 0.3 is 7.12 Å². The summed E-state index contributed by atoms with van der Waals surface area (Å²) in [6.07, 6.45) is 1.68. The summed E-state index contributed by atoms with van der Waals surface area (Å²) in [5, 5.41) is 0. The van der Waals surface area contributed by atoms with Crippen LogP contribution in [0.25, 0.3) is 5.47 Å². The number of ether oxygens (including phenoxy) is 1. The van der Waals surface area contributed by atoms with Gasteiger partial charge in [0.15, 0.2) is 0 Å². The Morgan fingerprint density at radius 1 is 1.26 bits per heavy atom. The van der Waals surface area contributed by atoms with E-state index in [1.807, 2.05) is 39.8 Å². The van der Waals surface area contributed by atoms with E-state index in [0.717, 1.165) is 11.0 Å². The topological polar surface area (TPSA) is 40.6 Å². The lowest BCUT2D eigenvalue weighted by molar-refractivity contribution is 0.00578. The summed E-state index contributed by atoms with van der Waals surface area (Å²) in [7, 11) is 1.10. The third kappa shape index (κ3) is 2.40. The van der Waals surface area contributed by atoms with E-state index in [2.05, 4.69) is 11.6 Å². The lowest BCUT2D eigenvalue weighted by Crippen LogP contribution is -2.41. The summed E-state index contributed by atoms with van der Waals surface area (Å²) in [5.74, 6) is 0.530. The van der Waals surface area contributed by atoms with Gasteiger partial charge in [-0.2, -0.15) is 0 Å². The fraction of sp³-hybridized carbons (Fsp3) is 0.500. The van der Waals surface area contributed by atoms with Gasteiger partial charge in [-0.15, -0.1) is 0 Å². The van der Waals surface area contributed by atoms with E-state index >= 15 is 0 Å². The molecule has 1 aromatic heterocycles. The minimum Gasteiger partial charge on any atom is -0.481 e.